The molecule has 0 radical (unpaired) electrons. The van der Waals surface area contributed by atoms with Crippen molar-refractivity contribution in [2.45, 2.75) is 6.54 Å². The zero-order chi connectivity index (χ0) is 11.6. The van der Waals surface area contributed by atoms with Gasteiger partial charge in [-0.15, -0.1) is 0 Å². The highest BCUT2D eigenvalue weighted by Gasteiger charge is 2.13. The summed E-state index contributed by atoms with van der Waals surface area (Å²) in [6, 6.07) is 5.00. The Bertz CT molecular complexity index is 459. The number of nitrogens with zero attached hydrogens (tertiary/aromatic N) is 1. The average Bonchev–Trinajstić information content (AvgIpc) is 2.09. The molecule has 1 aromatic carbocycles. The topological polar surface area (TPSA) is 63.4 Å². The van der Waals surface area contributed by atoms with Crippen LogP contribution in [0.15, 0.2) is 18.2 Å². The van der Waals surface area contributed by atoms with Gasteiger partial charge in [-0.3, -0.25) is 0 Å². The van der Waals surface area contributed by atoms with Gasteiger partial charge in [0.2, 0.25) is 10.0 Å². The highest BCUT2D eigenvalue weighted by Crippen LogP contribution is 2.20. The third-order valence-corrected chi connectivity index (χ3v) is 3.66. The molecule has 84 valence electrons. The summed E-state index contributed by atoms with van der Waals surface area (Å²) in [4.78, 5) is 0. The summed E-state index contributed by atoms with van der Waals surface area (Å²) in [5.74, 6) is 0. The summed E-state index contributed by atoms with van der Waals surface area (Å²) in [6.07, 6.45) is 1.15. The van der Waals surface area contributed by atoms with Crippen LogP contribution in [0.3, 0.4) is 0 Å². The number of halogens is 1. The summed E-state index contributed by atoms with van der Waals surface area (Å²) >= 11 is 5.91. The van der Waals surface area contributed by atoms with Crippen LogP contribution in [0.4, 0.5) is 5.69 Å². The van der Waals surface area contributed by atoms with E-state index in [1.54, 1.807) is 18.2 Å². The van der Waals surface area contributed by atoms with Crippen molar-refractivity contribution >= 4 is 27.3 Å². The molecule has 0 heterocycles. The van der Waals surface area contributed by atoms with Crippen molar-refractivity contribution in [3.05, 3.63) is 28.8 Å². The van der Waals surface area contributed by atoms with Crippen LogP contribution in [0.25, 0.3) is 0 Å². The Morgan fingerprint density at radius 2 is 2.07 bits per heavy atom. The normalized spacial score (nSPS) is 12.0. The lowest BCUT2D eigenvalue weighted by atomic mass is 10.2. The highest BCUT2D eigenvalue weighted by molar-refractivity contribution is 7.88. The maximum absolute atomic E-state index is 11.2. The maximum atomic E-state index is 11.2. The molecule has 0 fully saturated rings. The van der Waals surface area contributed by atoms with E-state index >= 15 is 0 Å². The molecule has 15 heavy (non-hydrogen) atoms. The van der Waals surface area contributed by atoms with Gasteiger partial charge in [0.05, 0.1) is 6.26 Å². The van der Waals surface area contributed by atoms with Gasteiger partial charge >= 0.3 is 0 Å². The first-order chi connectivity index (χ1) is 6.80. The molecule has 0 atom stereocenters. The third kappa shape index (κ3) is 3.37. The molecule has 0 aromatic heterocycles. The van der Waals surface area contributed by atoms with Gasteiger partial charge in [0.15, 0.2) is 0 Å². The van der Waals surface area contributed by atoms with Gasteiger partial charge in [-0.1, -0.05) is 11.6 Å². The van der Waals surface area contributed by atoms with E-state index in [1.165, 1.54) is 11.4 Å². The first kappa shape index (κ1) is 12.3. The van der Waals surface area contributed by atoms with Crippen molar-refractivity contribution in [2.75, 3.05) is 19.0 Å². The summed E-state index contributed by atoms with van der Waals surface area (Å²) in [5, 5.41) is 0.514. The number of benzene rings is 1. The minimum atomic E-state index is -3.20. The minimum Gasteiger partial charge on any atom is -0.399 e. The average molecular weight is 249 g/mol. The minimum absolute atomic E-state index is 0.225. The van der Waals surface area contributed by atoms with Crippen LogP contribution in [-0.4, -0.2) is 26.0 Å². The maximum Gasteiger partial charge on any atom is 0.211 e. The predicted molar refractivity (Wildman–Crippen MR) is 62.2 cm³/mol. The van der Waals surface area contributed by atoms with Crippen LogP contribution in [0, 0.1) is 0 Å². The van der Waals surface area contributed by atoms with Crippen molar-refractivity contribution in [1.82, 2.24) is 4.31 Å². The molecule has 2 N–H and O–H groups in total. The fourth-order valence-corrected chi connectivity index (χ4v) is 1.62. The van der Waals surface area contributed by atoms with Crippen LogP contribution in [0.5, 0.6) is 0 Å². The second-order valence-corrected chi connectivity index (χ2v) is 5.87. The second kappa shape index (κ2) is 4.38. The molecule has 0 aliphatic rings. The van der Waals surface area contributed by atoms with E-state index in [0.717, 1.165) is 6.26 Å². The van der Waals surface area contributed by atoms with Gasteiger partial charge in [0.25, 0.3) is 0 Å². The van der Waals surface area contributed by atoms with E-state index in [4.69, 9.17) is 17.3 Å². The molecule has 4 nitrogen and oxygen atoms in total. The number of hydrogen-bond acceptors (Lipinski definition) is 3. The lowest BCUT2D eigenvalue weighted by Crippen LogP contribution is -2.25. The molecule has 0 saturated heterocycles. The van der Waals surface area contributed by atoms with Crippen LogP contribution in [-0.2, 0) is 16.6 Å². The van der Waals surface area contributed by atoms with Crippen LogP contribution < -0.4 is 5.73 Å². The monoisotopic (exact) mass is 248 g/mol. The Labute approximate surface area is 94.7 Å². The number of nitrogens with two attached hydrogens (primary N) is 1. The van der Waals surface area contributed by atoms with Gasteiger partial charge in [-0.25, -0.2) is 12.7 Å². The summed E-state index contributed by atoms with van der Waals surface area (Å²) in [6.45, 7) is 0.225. The fraction of sp³-hybridized carbons (Fsp3) is 0.333. The Hall–Kier alpha value is -0.780. The van der Waals surface area contributed by atoms with Crippen molar-refractivity contribution in [1.29, 1.82) is 0 Å². The van der Waals surface area contributed by atoms with E-state index in [0.29, 0.717) is 16.3 Å². The molecule has 0 bridgehead atoms. The van der Waals surface area contributed by atoms with Gasteiger partial charge in [0.1, 0.15) is 0 Å². The van der Waals surface area contributed by atoms with Gasteiger partial charge in [0, 0.05) is 24.3 Å². The van der Waals surface area contributed by atoms with E-state index in [9.17, 15) is 8.42 Å². The number of sulfonamides is 1. The molecule has 1 rings (SSSR count). The molecular weight excluding hydrogens is 236 g/mol. The van der Waals surface area contributed by atoms with Gasteiger partial charge < -0.3 is 5.73 Å². The number of anilines is 1. The van der Waals surface area contributed by atoms with Crippen molar-refractivity contribution < 1.29 is 8.42 Å². The van der Waals surface area contributed by atoms with Gasteiger partial charge in [-0.2, -0.15) is 0 Å². The first-order valence-electron chi connectivity index (χ1n) is 4.26. The molecule has 0 spiro atoms. The quantitative estimate of drug-likeness (QED) is 0.821. The zero-order valence-electron chi connectivity index (χ0n) is 8.57. The first-order valence-corrected chi connectivity index (χ1v) is 6.48. The molecule has 0 aliphatic heterocycles. The molecule has 1 aromatic rings. The molecule has 6 heteroatoms. The molecular formula is C9H13ClN2O2S. The van der Waals surface area contributed by atoms with Crippen LogP contribution >= 0.6 is 11.6 Å². The lowest BCUT2D eigenvalue weighted by molar-refractivity contribution is 0.472. The van der Waals surface area contributed by atoms with Crippen molar-refractivity contribution in [3.63, 3.8) is 0 Å². The largest absolute Gasteiger partial charge is 0.399 e. The van der Waals surface area contributed by atoms with E-state index in [2.05, 4.69) is 0 Å². The fourth-order valence-electron chi connectivity index (χ4n) is 1.07. The zero-order valence-corrected chi connectivity index (χ0v) is 10.1. The second-order valence-electron chi connectivity index (χ2n) is 3.37. The molecule has 0 saturated carbocycles. The Morgan fingerprint density at radius 3 is 2.60 bits per heavy atom. The molecule has 0 aliphatic carbocycles. The van der Waals surface area contributed by atoms with Crippen molar-refractivity contribution in [2.24, 2.45) is 0 Å². The SMILES string of the molecule is CN(Cc1cc(N)ccc1Cl)S(C)(=O)=O. The number of rotatable bonds is 3. The Kier molecular flexibility index (Phi) is 3.59. The van der Waals surface area contributed by atoms with Crippen LogP contribution in [0.2, 0.25) is 5.02 Å². The van der Waals surface area contributed by atoms with Crippen LogP contribution in [0.1, 0.15) is 5.56 Å². The van der Waals surface area contributed by atoms with Gasteiger partial charge in [-0.05, 0) is 23.8 Å². The number of nitrogen functional groups attached to an aromatic ring is 1. The highest BCUT2D eigenvalue weighted by atomic mass is 35.5. The molecule has 0 amide bonds. The summed E-state index contributed by atoms with van der Waals surface area (Å²) < 4.78 is 23.6. The standard InChI is InChI=1S/C9H13ClN2O2S/c1-12(15(2,13)14)6-7-5-8(11)3-4-9(7)10/h3-5H,6,11H2,1-2H3. The van der Waals surface area contributed by atoms with Crippen molar-refractivity contribution in [3.8, 4) is 0 Å². The lowest BCUT2D eigenvalue weighted by Gasteiger charge is -2.15. The summed E-state index contributed by atoms with van der Waals surface area (Å²) in [7, 11) is -1.70. The van der Waals surface area contributed by atoms with E-state index in [1.807, 2.05) is 0 Å². The predicted octanol–water partition coefficient (Wildman–Crippen LogP) is 1.31. The summed E-state index contributed by atoms with van der Waals surface area (Å²) in [5.41, 5.74) is 6.85. The Balaban J connectivity index is 2.95. The smallest absolute Gasteiger partial charge is 0.211 e. The Morgan fingerprint density at radius 1 is 1.47 bits per heavy atom. The van der Waals surface area contributed by atoms with E-state index < -0.39 is 10.0 Å². The molecule has 0 unspecified atom stereocenters. The third-order valence-electron chi connectivity index (χ3n) is 2.03. The number of hydrogen-bond donors (Lipinski definition) is 1. The van der Waals surface area contributed by atoms with E-state index in [-0.39, 0.29) is 6.54 Å².